The predicted molar refractivity (Wildman–Crippen MR) is 54.1 cm³/mol. The Morgan fingerprint density at radius 1 is 1.54 bits per heavy atom. The normalized spacial score (nSPS) is 12.0. The molecule has 0 aliphatic heterocycles. The van der Waals surface area contributed by atoms with Gasteiger partial charge in [0.2, 0.25) is 0 Å². The number of nitrogens with zero attached hydrogens (tertiary/aromatic N) is 1. The molecule has 1 N–H and O–H groups in total. The highest BCUT2D eigenvalue weighted by Crippen LogP contribution is 2.09. The van der Waals surface area contributed by atoms with Gasteiger partial charge in [0.25, 0.3) is 0 Å². The van der Waals surface area contributed by atoms with Crippen molar-refractivity contribution in [2.75, 3.05) is 6.54 Å². The van der Waals surface area contributed by atoms with Crippen LogP contribution in [-0.2, 0) is 0 Å². The molecule has 0 fully saturated rings. The zero-order chi connectivity index (χ0) is 9.52. The summed E-state index contributed by atoms with van der Waals surface area (Å²) in [5.74, 6) is 2.60. The van der Waals surface area contributed by atoms with Gasteiger partial charge in [-0.05, 0) is 24.6 Å². The Labute approximate surface area is 79.4 Å². The molecule has 0 spiro atoms. The fourth-order valence-corrected chi connectivity index (χ4v) is 1.13. The van der Waals surface area contributed by atoms with Crippen LogP contribution >= 0.6 is 0 Å². The maximum absolute atomic E-state index is 5.15. The zero-order valence-corrected chi connectivity index (χ0v) is 7.83. The lowest BCUT2D eigenvalue weighted by Gasteiger charge is -2.12. The second kappa shape index (κ2) is 5.34. The molecule has 0 aliphatic carbocycles. The van der Waals surface area contributed by atoms with Gasteiger partial charge in [0.1, 0.15) is 0 Å². The van der Waals surface area contributed by atoms with Gasteiger partial charge < -0.3 is 5.32 Å². The molecule has 0 saturated carbocycles. The molecular formula is C11H14N2. The number of hydrogen-bond donors (Lipinski definition) is 1. The average Bonchev–Trinajstić information content (AvgIpc) is 2.19. The number of pyridine rings is 1. The smallest absolute Gasteiger partial charge is 0.0293 e. The predicted octanol–water partition coefficient (Wildman–Crippen LogP) is 1.76. The minimum atomic E-state index is 0.344. The van der Waals surface area contributed by atoms with E-state index in [9.17, 15) is 0 Å². The molecule has 1 aromatic heterocycles. The number of rotatable bonds is 4. The molecule has 0 unspecified atom stereocenters. The van der Waals surface area contributed by atoms with Crippen LogP contribution in [0, 0.1) is 12.3 Å². The summed E-state index contributed by atoms with van der Waals surface area (Å²) < 4.78 is 0. The van der Waals surface area contributed by atoms with Crippen LogP contribution in [0.4, 0.5) is 0 Å². The van der Waals surface area contributed by atoms with Crippen molar-refractivity contribution < 1.29 is 0 Å². The van der Waals surface area contributed by atoms with E-state index in [1.165, 1.54) is 5.56 Å². The first-order chi connectivity index (χ1) is 6.34. The molecule has 0 amide bonds. The first-order valence-electron chi connectivity index (χ1n) is 4.41. The Balaban J connectivity index is 2.41. The molecule has 2 heteroatoms. The van der Waals surface area contributed by atoms with E-state index in [-0.39, 0.29) is 0 Å². The summed E-state index contributed by atoms with van der Waals surface area (Å²) in [6.07, 6.45) is 9.53. The van der Waals surface area contributed by atoms with Crippen LogP contribution in [0.15, 0.2) is 24.5 Å². The zero-order valence-electron chi connectivity index (χ0n) is 7.83. The van der Waals surface area contributed by atoms with Crippen LogP contribution in [0.5, 0.6) is 0 Å². The fraction of sp³-hybridized carbons (Fsp3) is 0.364. The van der Waals surface area contributed by atoms with E-state index in [2.05, 4.69) is 23.1 Å². The van der Waals surface area contributed by atoms with Gasteiger partial charge in [-0.2, -0.15) is 0 Å². The van der Waals surface area contributed by atoms with Gasteiger partial charge in [0.05, 0.1) is 0 Å². The Bertz CT molecular complexity index is 274. The summed E-state index contributed by atoms with van der Waals surface area (Å²) in [6.45, 7) is 2.98. The molecule has 0 radical (unpaired) electrons. The molecule has 1 heterocycles. The highest BCUT2D eigenvalue weighted by molar-refractivity contribution is 5.13. The first-order valence-corrected chi connectivity index (χ1v) is 4.41. The van der Waals surface area contributed by atoms with Gasteiger partial charge in [0.15, 0.2) is 0 Å². The molecular weight excluding hydrogens is 160 g/mol. The molecule has 0 aliphatic rings. The number of terminal acetylenes is 1. The quantitative estimate of drug-likeness (QED) is 0.555. The third-order valence-corrected chi connectivity index (χ3v) is 1.93. The first kappa shape index (κ1) is 9.76. The van der Waals surface area contributed by atoms with E-state index in [0.29, 0.717) is 6.04 Å². The number of hydrogen-bond acceptors (Lipinski definition) is 2. The van der Waals surface area contributed by atoms with Crippen LogP contribution in [0.3, 0.4) is 0 Å². The molecule has 0 saturated heterocycles. The summed E-state index contributed by atoms with van der Waals surface area (Å²) in [5, 5.41) is 3.33. The highest BCUT2D eigenvalue weighted by Gasteiger charge is 2.01. The van der Waals surface area contributed by atoms with Crippen molar-refractivity contribution in [2.45, 2.75) is 19.4 Å². The lowest BCUT2D eigenvalue weighted by atomic mass is 10.1. The maximum Gasteiger partial charge on any atom is 0.0293 e. The summed E-state index contributed by atoms with van der Waals surface area (Å²) in [6, 6.07) is 4.36. The van der Waals surface area contributed by atoms with Crippen LogP contribution in [-0.4, -0.2) is 11.5 Å². The Kier molecular flexibility index (Phi) is 4.01. The molecule has 1 rings (SSSR count). The van der Waals surface area contributed by atoms with Crippen molar-refractivity contribution >= 4 is 0 Å². The van der Waals surface area contributed by atoms with E-state index in [1.807, 2.05) is 12.1 Å². The average molecular weight is 174 g/mol. The third kappa shape index (κ3) is 3.27. The second-order valence-electron chi connectivity index (χ2n) is 2.91. The molecule has 2 nitrogen and oxygen atoms in total. The van der Waals surface area contributed by atoms with E-state index >= 15 is 0 Å². The fourth-order valence-electron chi connectivity index (χ4n) is 1.13. The topological polar surface area (TPSA) is 24.9 Å². The monoisotopic (exact) mass is 174 g/mol. The van der Waals surface area contributed by atoms with Gasteiger partial charge in [-0.1, -0.05) is 0 Å². The van der Waals surface area contributed by atoms with Crippen LogP contribution in [0.1, 0.15) is 24.9 Å². The van der Waals surface area contributed by atoms with Crippen LogP contribution in [0.2, 0.25) is 0 Å². The molecule has 0 aromatic carbocycles. The summed E-state index contributed by atoms with van der Waals surface area (Å²) in [5.41, 5.74) is 1.24. The van der Waals surface area contributed by atoms with Crippen molar-refractivity contribution in [1.29, 1.82) is 0 Å². The van der Waals surface area contributed by atoms with Gasteiger partial charge in [0, 0.05) is 31.4 Å². The largest absolute Gasteiger partial charge is 0.309 e. The minimum absolute atomic E-state index is 0.344. The van der Waals surface area contributed by atoms with E-state index < -0.39 is 0 Å². The van der Waals surface area contributed by atoms with E-state index in [1.54, 1.807) is 12.4 Å². The standard InChI is InChI=1S/C11H14N2/c1-3-4-7-13-10(2)11-5-8-12-9-6-11/h1,5-6,8-10,13H,4,7H2,2H3/t10-/m1/s1. The number of nitrogens with one attached hydrogen (secondary N) is 1. The van der Waals surface area contributed by atoms with Crippen molar-refractivity contribution in [2.24, 2.45) is 0 Å². The van der Waals surface area contributed by atoms with Crippen molar-refractivity contribution in [3.63, 3.8) is 0 Å². The van der Waals surface area contributed by atoms with Crippen molar-refractivity contribution in [1.82, 2.24) is 10.3 Å². The molecule has 0 bridgehead atoms. The Hall–Kier alpha value is -1.33. The number of aromatic nitrogens is 1. The molecule has 13 heavy (non-hydrogen) atoms. The summed E-state index contributed by atoms with van der Waals surface area (Å²) in [7, 11) is 0. The molecule has 1 aromatic rings. The van der Waals surface area contributed by atoms with Crippen LogP contribution in [0.25, 0.3) is 0 Å². The van der Waals surface area contributed by atoms with Crippen molar-refractivity contribution in [3.05, 3.63) is 30.1 Å². The third-order valence-electron chi connectivity index (χ3n) is 1.93. The van der Waals surface area contributed by atoms with Crippen molar-refractivity contribution in [3.8, 4) is 12.3 Å². The van der Waals surface area contributed by atoms with E-state index in [4.69, 9.17) is 6.42 Å². The lowest BCUT2D eigenvalue weighted by molar-refractivity contribution is 0.583. The summed E-state index contributed by atoms with van der Waals surface area (Å²) in [4.78, 5) is 3.96. The Morgan fingerprint density at radius 2 is 2.23 bits per heavy atom. The Morgan fingerprint density at radius 3 is 2.85 bits per heavy atom. The highest BCUT2D eigenvalue weighted by atomic mass is 14.9. The van der Waals surface area contributed by atoms with Gasteiger partial charge in [-0.3, -0.25) is 4.98 Å². The second-order valence-corrected chi connectivity index (χ2v) is 2.91. The minimum Gasteiger partial charge on any atom is -0.309 e. The SMILES string of the molecule is C#CCCN[C@H](C)c1ccncc1. The lowest BCUT2D eigenvalue weighted by Crippen LogP contribution is -2.19. The van der Waals surface area contributed by atoms with Gasteiger partial charge >= 0.3 is 0 Å². The maximum atomic E-state index is 5.15. The summed E-state index contributed by atoms with van der Waals surface area (Å²) >= 11 is 0. The van der Waals surface area contributed by atoms with E-state index in [0.717, 1.165) is 13.0 Å². The van der Waals surface area contributed by atoms with Gasteiger partial charge in [-0.25, -0.2) is 0 Å². The molecule has 68 valence electrons. The van der Waals surface area contributed by atoms with Gasteiger partial charge in [-0.15, -0.1) is 12.3 Å². The molecule has 1 atom stereocenters. The van der Waals surface area contributed by atoms with Crippen LogP contribution < -0.4 is 5.32 Å².